The Bertz CT molecular complexity index is 1310. The SMILES string of the molecule is CN1CN(C)[C@@H](c2ccccc2[Se][Se]c2ccccc2[C@H]2[C@@H](c3ccccc3)N(C)CN2C)[C@H]1c1ccccc1. The molecule has 2 aliphatic heterocycles. The Labute approximate surface area is 250 Å². The van der Waals surface area contributed by atoms with Crippen molar-refractivity contribution in [2.45, 2.75) is 24.2 Å². The molecule has 0 unspecified atom stereocenters. The van der Waals surface area contributed by atoms with Crippen LogP contribution < -0.4 is 8.92 Å². The van der Waals surface area contributed by atoms with Crippen molar-refractivity contribution >= 4 is 35.2 Å². The van der Waals surface area contributed by atoms with Gasteiger partial charge in [0.05, 0.1) is 0 Å². The molecule has 4 atom stereocenters. The van der Waals surface area contributed by atoms with Crippen molar-refractivity contribution < 1.29 is 0 Å². The Morgan fingerprint density at radius 2 is 0.750 bits per heavy atom. The molecular weight excluding hydrogens is 622 g/mol. The van der Waals surface area contributed by atoms with Gasteiger partial charge in [0, 0.05) is 0 Å². The number of rotatable bonds is 7. The van der Waals surface area contributed by atoms with Crippen LogP contribution in [0.15, 0.2) is 109 Å². The van der Waals surface area contributed by atoms with E-state index in [0.717, 1.165) is 13.3 Å². The summed E-state index contributed by atoms with van der Waals surface area (Å²) in [5.41, 5.74) is 5.81. The fraction of sp³-hybridized carbons (Fsp3) is 0.294. The normalized spacial score (nSPS) is 24.6. The molecule has 0 bridgehead atoms. The van der Waals surface area contributed by atoms with Gasteiger partial charge in [0.2, 0.25) is 0 Å². The molecule has 0 amide bonds. The summed E-state index contributed by atoms with van der Waals surface area (Å²) in [4.78, 5) is 10.1. The molecule has 6 rings (SSSR count). The van der Waals surface area contributed by atoms with E-state index in [-0.39, 0.29) is 0 Å². The summed E-state index contributed by atoms with van der Waals surface area (Å²) in [7, 11) is 9.09. The average molecular weight is 661 g/mol. The van der Waals surface area contributed by atoms with E-state index in [1.807, 2.05) is 0 Å². The molecule has 0 spiro atoms. The van der Waals surface area contributed by atoms with Gasteiger partial charge in [-0.15, -0.1) is 0 Å². The second-order valence-corrected chi connectivity index (χ2v) is 17.3. The summed E-state index contributed by atoms with van der Waals surface area (Å²) in [5, 5.41) is 0. The van der Waals surface area contributed by atoms with Crippen LogP contribution in [-0.2, 0) is 0 Å². The van der Waals surface area contributed by atoms with Crippen molar-refractivity contribution in [1.82, 2.24) is 19.6 Å². The van der Waals surface area contributed by atoms with Crippen molar-refractivity contribution in [3.05, 3.63) is 131 Å². The van der Waals surface area contributed by atoms with Crippen LogP contribution in [0, 0.1) is 0 Å². The molecule has 0 saturated carbocycles. The maximum atomic E-state index is 2.53. The van der Waals surface area contributed by atoms with Crippen molar-refractivity contribution in [1.29, 1.82) is 0 Å². The number of benzene rings is 4. The third kappa shape index (κ3) is 5.48. The zero-order chi connectivity index (χ0) is 27.6. The predicted octanol–water partition coefficient (Wildman–Crippen LogP) is 4.20. The van der Waals surface area contributed by atoms with Crippen LogP contribution >= 0.6 is 0 Å². The van der Waals surface area contributed by atoms with E-state index in [9.17, 15) is 0 Å². The minimum atomic E-state index is 0.355. The van der Waals surface area contributed by atoms with Gasteiger partial charge in [-0.3, -0.25) is 0 Å². The number of hydrogen-bond acceptors (Lipinski definition) is 4. The van der Waals surface area contributed by atoms with Crippen LogP contribution in [0.3, 0.4) is 0 Å². The van der Waals surface area contributed by atoms with Gasteiger partial charge in [0.15, 0.2) is 0 Å². The Morgan fingerprint density at radius 1 is 0.425 bits per heavy atom. The topological polar surface area (TPSA) is 13.0 Å². The second-order valence-electron chi connectivity index (χ2n) is 11.2. The van der Waals surface area contributed by atoms with E-state index in [2.05, 4.69) is 157 Å². The molecule has 2 heterocycles. The second kappa shape index (κ2) is 12.3. The molecule has 0 radical (unpaired) electrons. The maximum absolute atomic E-state index is 2.53. The summed E-state index contributed by atoms with van der Waals surface area (Å²) >= 11 is 0.766. The van der Waals surface area contributed by atoms with Crippen molar-refractivity contribution in [2.75, 3.05) is 41.5 Å². The molecule has 6 heteroatoms. The monoisotopic (exact) mass is 662 g/mol. The molecule has 2 saturated heterocycles. The van der Waals surface area contributed by atoms with Gasteiger partial charge < -0.3 is 0 Å². The molecule has 4 aromatic carbocycles. The van der Waals surface area contributed by atoms with Gasteiger partial charge in [0.1, 0.15) is 0 Å². The molecule has 0 aromatic heterocycles. The fourth-order valence-corrected chi connectivity index (χ4v) is 14.1. The van der Waals surface area contributed by atoms with Crippen molar-refractivity contribution in [2.24, 2.45) is 0 Å². The summed E-state index contributed by atoms with van der Waals surface area (Å²) in [6.45, 7) is 1.95. The van der Waals surface area contributed by atoms with Crippen LogP contribution in [0.1, 0.15) is 46.4 Å². The standard InChI is InChI=1S/C34H38N4Se2/c1-35-23-37(3)33(31(35)25-15-7-5-8-16-25)27-19-11-13-21-29(27)39-40-30-22-14-12-20-28(30)34-32(36(2)24-38(34)4)26-17-9-6-10-18-26/h5-22,31-34H,23-24H2,1-4H3/t31-,32-,33+,34+/m1/s1. The van der Waals surface area contributed by atoms with Crippen molar-refractivity contribution in [3.63, 3.8) is 0 Å². The number of nitrogens with zero attached hydrogens (tertiary/aromatic N) is 4. The minimum absolute atomic E-state index is 0.355. The molecule has 0 aliphatic carbocycles. The number of hydrogen-bond donors (Lipinski definition) is 0. The van der Waals surface area contributed by atoms with Gasteiger partial charge in [0.25, 0.3) is 0 Å². The van der Waals surface area contributed by atoms with Gasteiger partial charge in [-0.2, -0.15) is 0 Å². The first-order chi connectivity index (χ1) is 19.5. The van der Waals surface area contributed by atoms with Crippen LogP contribution in [0.2, 0.25) is 0 Å². The summed E-state index contributed by atoms with van der Waals surface area (Å²) in [5.74, 6) is 0. The summed E-state index contributed by atoms with van der Waals surface area (Å²) in [6.07, 6.45) is 0. The predicted molar refractivity (Wildman–Crippen MR) is 168 cm³/mol. The van der Waals surface area contributed by atoms with Crippen molar-refractivity contribution in [3.8, 4) is 0 Å². The molecule has 4 aromatic rings. The van der Waals surface area contributed by atoms with E-state index in [0.29, 0.717) is 50.4 Å². The van der Waals surface area contributed by atoms with E-state index in [1.165, 1.54) is 22.3 Å². The quantitative estimate of drug-likeness (QED) is 0.276. The zero-order valence-electron chi connectivity index (χ0n) is 23.7. The van der Waals surface area contributed by atoms with Gasteiger partial charge in [-0.1, -0.05) is 0 Å². The van der Waals surface area contributed by atoms with E-state index in [1.54, 1.807) is 8.92 Å². The van der Waals surface area contributed by atoms with E-state index >= 15 is 0 Å². The van der Waals surface area contributed by atoms with E-state index < -0.39 is 0 Å². The Kier molecular flexibility index (Phi) is 8.60. The van der Waals surface area contributed by atoms with Gasteiger partial charge in [-0.25, -0.2) is 0 Å². The average Bonchev–Trinajstić information content (AvgIpc) is 3.45. The molecule has 40 heavy (non-hydrogen) atoms. The Morgan fingerprint density at radius 3 is 1.15 bits per heavy atom. The van der Waals surface area contributed by atoms with Crippen LogP contribution in [0.4, 0.5) is 0 Å². The molecule has 0 N–H and O–H groups in total. The fourth-order valence-electron chi connectivity index (χ4n) is 6.70. The Hall–Kier alpha value is -2.24. The first-order valence-electron chi connectivity index (χ1n) is 14.0. The summed E-state index contributed by atoms with van der Waals surface area (Å²) in [6, 6.07) is 42.1. The van der Waals surface area contributed by atoms with Gasteiger partial charge in [-0.05, 0) is 0 Å². The summed E-state index contributed by atoms with van der Waals surface area (Å²) < 4.78 is 3.10. The van der Waals surface area contributed by atoms with Crippen LogP contribution in [-0.4, -0.2) is 87.4 Å². The molecular formula is C34H38N4Se2. The first kappa shape index (κ1) is 27.9. The Balaban J connectivity index is 1.30. The van der Waals surface area contributed by atoms with Crippen LogP contribution in [0.25, 0.3) is 0 Å². The molecule has 206 valence electrons. The third-order valence-electron chi connectivity index (χ3n) is 8.37. The van der Waals surface area contributed by atoms with Crippen LogP contribution in [0.5, 0.6) is 0 Å². The first-order valence-corrected chi connectivity index (χ1v) is 20.0. The number of likely N-dealkylation sites (N-methyl/N-ethyl adjacent to an activating group) is 4. The van der Waals surface area contributed by atoms with E-state index in [4.69, 9.17) is 0 Å². The molecule has 4 nitrogen and oxygen atoms in total. The molecule has 2 aliphatic rings. The third-order valence-corrected chi connectivity index (χ3v) is 15.7. The van der Waals surface area contributed by atoms with Gasteiger partial charge >= 0.3 is 252 Å². The zero-order valence-corrected chi connectivity index (χ0v) is 27.1. The molecule has 2 fully saturated rings.